The number of carboxylic acids is 1. The maximum atomic E-state index is 12.7. The summed E-state index contributed by atoms with van der Waals surface area (Å²) in [5.74, 6) is -0.770. The highest BCUT2D eigenvalue weighted by atomic mass is 16.6. The van der Waals surface area contributed by atoms with Crippen molar-refractivity contribution >= 4 is 29.8 Å². The highest BCUT2D eigenvalue weighted by Gasteiger charge is 2.24. The molecular formula is C61H78N2O11. The molecule has 0 aliphatic rings. The maximum absolute atomic E-state index is 12.7. The van der Waals surface area contributed by atoms with Gasteiger partial charge in [-0.25, -0.2) is 14.4 Å². The summed E-state index contributed by atoms with van der Waals surface area (Å²) in [5, 5.41) is 12.3. The fourth-order valence-corrected chi connectivity index (χ4v) is 7.40. The van der Waals surface area contributed by atoms with Crippen LogP contribution in [0, 0.1) is 0 Å². The molecule has 0 saturated carbocycles. The molecule has 0 spiro atoms. The van der Waals surface area contributed by atoms with Crippen LogP contribution in [0.5, 0.6) is 23.0 Å². The Balaban J connectivity index is 0.000000328. The van der Waals surface area contributed by atoms with Crippen molar-refractivity contribution in [3.8, 4) is 23.0 Å². The van der Waals surface area contributed by atoms with E-state index in [1.807, 2.05) is 12.1 Å². The minimum atomic E-state index is -1.14. The number of aliphatic carboxylic acids is 1. The van der Waals surface area contributed by atoms with Gasteiger partial charge in [0.25, 0.3) is 5.91 Å². The van der Waals surface area contributed by atoms with Crippen LogP contribution >= 0.6 is 0 Å². The first-order valence-corrected chi connectivity index (χ1v) is 25.9. The van der Waals surface area contributed by atoms with Gasteiger partial charge in [0.15, 0.2) is 0 Å². The molecular weight excluding hydrogens is 937 g/mol. The van der Waals surface area contributed by atoms with Gasteiger partial charge < -0.3 is 39.8 Å². The third-order valence-corrected chi connectivity index (χ3v) is 11.7. The summed E-state index contributed by atoms with van der Waals surface area (Å²) in [7, 11) is 0. The van der Waals surface area contributed by atoms with Crippen LogP contribution in [0.1, 0.15) is 167 Å². The van der Waals surface area contributed by atoms with Gasteiger partial charge in [0, 0.05) is 12.0 Å². The monoisotopic (exact) mass is 1010 g/mol. The van der Waals surface area contributed by atoms with Gasteiger partial charge >= 0.3 is 23.9 Å². The Kier molecular flexibility index (Phi) is 24.4. The Morgan fingerprint density at radius 1 is 0.514 bits per heavy atom. The number of carboxylic acid groups (broad SMARTS) is 1. The van der Waals surface area contributed by atoms with Crippen molar-refractivity contribution in [3.05, 3.63) is 155 Å². The SMILES string of the molecule is CCCCCCCOc1ccc(C(=O)Oc2ccc(C[C@H](N)C(=O)OC(C)(C)C)cc2)cc1.CCCCCCCOc1ccc(C(=O)Oc2ccc(C[C@H](NC(=O)c3ccc(C(C)(C)C)cc3)C(=O)O)cc2)cc1. The number of nitrogens with one attached hydrogen (secondary N) is 1. The van der Waals surface area contributed by atoms with Gasteiger partial charge in [0.1, 0.15) is 40.7 Å². The summed E-state index contributed by atoms with van der Waals surface area (Å²) in [6.45, 7) is 17.4. The first-order valence-electron chi connectivity index (χ1n) is 25.9. The van der Waals surface area contributed by atoms with Crippen molar-refractivity contribution in [2.45, 2.75) is 156 Å². The summed E-state index contributed by atoms with van der Waals surface area (Å²) >= 11 is 0. The molecule has 0 unspecified atom stereocenters. The number of rotatable bonds is 26. The lowest BCUT2D eigenvalue weighted by Gasteiger charge is -2.22. The van der Waals surface area contributed by atoms with Gasteiger partial charge in [0.05, 0.1) is 24.3 Å². The zero-order valence-corrected chi connectivity index (χ0v) is 44.7. The van der Waals surface area contributed by atoms with Gasteiger partial charge in [-0.15, -0.1) is 0 Å². The molecule has 0 heterocycles. The number of ether oxygens (including phenoxy) is 5. The number of unbranched alkanes of at least 4 members (excludes halogenated alkanes) is 8. The largest absolute Gasteiger partial charge is 0.494 e. The van der Waals surface area contributed by atoms with Crippen LogP contribution in [0.4, 0.5) is 0 Å². The highest BCUT2D eigenvalue weighted by Crippen LogP contribution is 2.24. The van der Waals surface area contributed by atoms with E-state index in [2.05, 4.69) is 39.9 Å². The zero-order valence-electron chi connectivity index (χ0n) is 44.7. The summed E-state index contributed by atoms with van der Waals surface area (Å²) < 4.78 is 27.7. The predicted octanol–water partition coefficient (Wildman–Crippen LogP) is 12.4. The lowest BCUT2D eigenvalue weighted by atomic mass is 9.86. The molecule has 398 valence electrons. The molecule has 2 atom stereocenters. The molecule has 0 bridgehead atoms. The average molecular weight is 1020 g/mol. The molecule has 5 aromatic rings. The standard InChI is InChI=1S/C34H41NO6.C27H37NO5/c1-5-6-7-8-9-22-40-28-20-14-26(15-21-28)33(39)41-29-18-10-24(11-19-29)23-30(32(37)38)35-31(36)25-12-16-27(17-13-25)34(2,3)4;1-5-6-7-8-9-18-31-22-16-12-21(13-17-22)25(29)32-23-14-10-20(11-15-23)19-24(28)26(30)33-27(2,3)4/h10-21,30H,5-9,22-23H2,1-4H3,(H,35,36)(H,37,38);10-17,24H,5-9,18-19,28H2,1-4H3/t30-;24-/m00/s1. The number of nitrogens with two attached hydrogens (primary N) is 1. The summed E-state index contributed by atoms with van der Waals surface area (Å²) in [6.07, 6.45) is 12.2. The maximum Gasteiger partial charge on any atom is 0.343 e. The lowest BCUT2D eigenvalue weighted by molar-refractivity contribution is -0.156. The molecule has 0 fully saturated rings. The normalized spacial score (nSPS) is 12.0. The molecule has 13 heteroatoms. The third kappa shape index (κ3) is 22.0. The number of amides is 1. The molecule has 0 aliphatic carbocycles. The summed E-state index contributed by atoms with van der Waals surface area (Å²) in [6, 6.07) is 32.6. The van der Waals surface area contributed by atoms with Gasteiger partial charge in [-0.3, -0.25) is 9.59 Å². The molecule has 4 N–H and O–H groups in total. The highest BCUT2D eigenvalue weighted by molar-refractivity contribution is 5.96. The Labute approximate surface area is 438 Å². The topological polar surface area (TPSA) is 190 Å². The van der Waals surface area contributed by atoms with Crippen LogP contribution < -0.4 is 30.0 Å². The van der Waals surface area contributed by atoms with Crippen molar-refractivity contribution in [1.29, 1.82) is 0 Å². The molecule has 0 aromatic heterocycles. The minimum absolute atomic E-state index is 0.0500. The van der Waals surface area contributed by atoms with Crippen molar-refractivity contribution in [2.75, 3.05) is 13.2 Å². The number of hydrogen-bond donors (Lipinski definition) is 3. The van der Waals surface area contributed by atoms with E-state index in [0.29, 0.717) is 59.1 Å². The molecule has 13 nitrogen and oxygen atoms in total. The van der Waals surface area contributed by atoms with E-state index >= 15 is 0 Å². The molecule has 5 aromatic carbocycles. The van der Waals surface area contributed by atoms with Gasteiger partial charge in [0.2, 0.25) is 0 Å². The fourth-order valence-electron chi connectivity index (χ4n) is 7.40. The zero-order chi connectivity index (χ0) is 54.1. The average Bonchev–Trinajstić information content (AvgIpc) is 3.36. The number of carbonyl (C=O) groups excluding carboxylic acids is 4. The second-order valence-electron chi connectivity index (χ2n) is 20.4. The van der Waals surface area contributed by atoms with Gasteiger partial charge in [-0.1, -0.05) is 122 Å². The Hall–Kier alpha value is -6.99. The lowest BCUT2D eigenvalue weighted by Crippen LogP contribution is -2.42. The van der Waals surface area contributed by atoms with Crippen molar-refractivity contribution in [2.24, 2.45) is 5.73 Å². The quantitative estimate of drug-likeness (QED) is 0.0270. The van der Waals surface area contributed by atoms with Crippen LogP contribution in [0.15, 0.2) is 121 Å². The molecule has 1 amide bonds. The van der Waals surface area contributed by atoms with Crippen LogP contribution in [0.2, 0.25) is 0 Å². The fraction of sp³-hybridized carbons (Fsp3) is 0.426. The molecule has 5 rings (SSSR count). The number of hydrogen-bond acceptors (Lipinski definition) is 11. The Morgan fingerprint density at radius 3 is 1.30 bits per heavy atom. The smallest absolute Gasteiger partial charge is 0.343 e. The van der Waals surface area contributed by atoms with E-state index in [1.54, 1.807) is 130 Å². The Bertz CT molecular complexity index is 2490. The first kappa shape index (κ1) is 59.6. The van der Waals surface area contributed by atoms with Crippen LogP contribution in [-0.2, 0) is 32.6 Å². The third-order valence-electron chi connectivity index (χ3n) is 11.7. The predicted molar refractivity (Wildman–Crippen MR) is 289 cm³/mol. The second-order valence-corrected chi connectivity index (χ2v) is 20.4. The van der Waals surface area contributed by atoms with Gasteiger partial charge in [-0.05, 0) is 147 Å². The van der Waals surface area contributed by atoms with Crippen LogP contribution in [0.25, 0.3) is 0 Å². The first-order chi connectivity index (χ1) is 35.2. The van der Waals surface area contributed by atoms with Crippen molar-refractivity contribution in [1.82, 2.24) is 5.32 Å². The van der Waals surface area contributed by atoms with E-state index < -0.39 is 47.5 Å². The van der Waals surface area contributed by atoms with Crippen molar-refractivity contribution in [3.63, 3.8) is 0 Å². The molecule has 0 aliphatic heterocycles. The second kappa shape index (κ2) is 30.3. The number of esters is 3. The van der Waals surface area contributed by atoms with Gasteiger partial charge in [-0.2, -0.15) is 0 Å². The summed E-state index contributed by atoms with van der Waals surface area (Å²) in [4.78, 5) is 61.6. The van der Waals surface area contributed by atoms with Crippen LogP contribution in [0.3, 0.4) is 0 Å². The van der Waals surface area contributed by atoms with E-state index in [9.17, 15) is 29.1 Å². The van der Waals surface area contributed by atoms with Crippen LogP contribution in [-0.4, -0.2) is 65.8 Å². The number of carbonyl (C=O) groups is 5. The minimum Gasteiger partial charge on any atom is -0.494 e. The van der Waals surface area contributed by atoms with E-state index in [0.717, 1.165) is 36.1 Å². The molecule has 74 heavy (non-hydrogen) atoms. The molecule has 0 saturated heterocycles. The van der Waals surface area contributed by atoms with E-state index in [4.69, 9.17) is 29.4 Å². The van der Waals surface area contributed by atoms with E-state index in [-0.39, 0.29) is 11.8 Å². The molecule has 0 radical (unpaired) electrons. The Morgan fingerprint density at radius 2 is 0.905 bits per heavy atom. The van der Waals surface area contributed by atoms with Crippen molar-refractivity contribution < 1.29 is 52.8 Å². The van der Waals surface area contributed by atoms with E-state index in [1.165, 1.54) is 44.9 Å². The number of benzene rings is 5. The summed E-state index contributed by atoms with van der Waals surface area (Å²) in [5.41, 5.74) is 9.17.